The Labute approximate surface area is 105 Å². The molecule has 1 rings (SSSR count). The van der Waals surface area contributed by atoms with Crippen molar-refractivity contribution in [1.29, 1.82) is 0 Å². The van der Waals surface area contributed by atoms with E-state index in [2.05, 4.69) is 13.0 Å². The van der Waals surface area contributed by atoms with Crippen molar-refractivity contribution < 1.29 is 9.53 Å². The number of carbonyl (C=O) groups is 1. The lowest BCUT2D eigenvalue weighted by atomic mass is 10.1. The van der Waals surface area contributed by atoms with Gasteiger partial charge in [0.2, 0.25) is 0 Å². The van der Waals surface area contributed by atoms with Crippen molar-refractivity contribution in [3.05, 3.63) is 11.6 Å². The van der Waals surface area contributed by atoms with E-state index < -0.39 is 0 Å². The fourth-order valence-corrected chi connectivity index (χ4v) is 2.16. The Morgan fingerprint density at radius 1 is 0.941 bits per heavy atom. The summed E-state index contributed by atoms with van der Waals surface area (Å²) in [6.07, 6.45) is 13.4. The van der Waals surface area contributed by atoms with Gasteiger partial charge < -0.3 is 4.74 Å². The molecule has 0 bridgehead atoms. The van der Waals surface area contributed by atoms with Crippen LogP contribution in [0.2, 0.25) is 0 Å². The Bertz CT molecular complexity index is 243. The van der Waals surface area contributed by atoms with Crippen molar-refractivity contribution in [3.8, 4) is 0 Å². The van der Waals surface area contributed by atoms with E-state index in [1.807, 2.05) is 0 Å². The molecule has 0 saturated heterocycles. The van der Waals surface area contributed by atoms with Crippen LogP contribution in [-0.4, -0.2) is 12.6 Å². The summed E-state index contributed by atoms with van der Waals surface area (Å²) in [5.74, 6) is -0.00539. The molecule has 0 aromatic carbocycles. The fraction of sp³-hybridized carbons (Fsp3) is 0.800. The molecule has 0 amide bonds. The van der Waals surface area contributed by atoms with Crippen LogP contribution >= 0.6 is 0 Å². The Balaban J connectivity index is 2.28. The van der Waals surface area contributed by atoms with Crippen LogP contribution in [0.4, 0.5) is 0 Å². The first kappa shape index (κ1) is 14.3. The van der Waals surface area contributed by atoms with Crippen LogP contribution in [0.15, 0.2) is 11.6 Å². The number of cyclic esters (lactones) is 1. The molecular formula is C15H26O2. The lowest BCUT2D eigenvalue weighted by Gasteiger charge is -2.04. The number of ether oxygens (including phenoxy) is 1. The van der Waals surface area contributed by atoms with E-state index in [1.54, 1.807) is 0 Å². The molecule has 0 saturated carbocycles. The second kappa shape index (κ2) is 9.26. The van der Waals surface area contributed by atoms with E-state index in [0.29, 0.717) is 13.0 Å². The first-order valence-corrected chi connectivity index (χ1v) is 7.10. The fourth-order valence-electron chi connectivity index (χ4n) is 2.16. The second-order valence-electron chi connectivity index (χ2n) is 5.03. The van der Waals surface area contributed by atoms with E-state index in [0.717, 1.165) is 19.3 Å². The van der Waals surface area contributed by atoms with Crippen LogP contribution < -0.4 is 0 Å². The quantitative estimate of drug-likeness (QED) is 0.462. The molecule has 1 aliphatic heterocycles. The molecule has 98 valence electrons. The number of hydrogen-bond acceptors (Lipinski definition) is 2. The highest BCUT2D eigenvalue weighted by molar-refractivity contribution is 5.69. The summed E-state index contributed by atoms with van der Waals surface area (Å²) in [5, 5.41) is 0. The number of carbonyl (C=O) groups excluding carboxylic acids is 1. The molecule has 0 aliphatic carbocycles. The molecular weight excluding hydrogens is 212 g/mol. The topological polar surface area (TPSA) is 26.3 Å². The van der Waals surface area contributed by atoms with Crippen LogP contribution in [0, 0.1) is 0 Å². The molecule has 0 radical (unpaired) electrons. The maximum absolute atomic E-state index is 11.3. The minimum atomic E-state index is -0.00539. The standard InChI is InChI=1S/C15H26O2/c1-14-10-6-3-2-4-8-12-15(16)17-13-9-5-7-11-14/h10H,2-9,11-13H2,1H3. The SMILES string of the molecule is CC1=CCCCCCCC(=O)OCCCCC1. The zero-order valence-electron chi connectivity index (χ0n) is 11.2. The molecule has 0 N–H and O–H groups in total. The molecule has 0 aromatic heterocycles. The van der Waals surface area contributed by atoms with Gasteiger partial charge in [-0.25, -0.2) is 0 Å². The Kier molecular flexibility index (Phi) is 7.78. The van der Waals surface area contributed by atoms with E-state index >= 15 is 0 Å². The predicted octanol–water partition coefficient (Wildman–Crippen LogP) is 4.39. The maximum atomic E-state index is 11.3. The predicted molar refractivity (Wildman–Crippen MR) is 70.9 cm³/mol. The summed E-state index contributed by atoms with van der Waals surface area (Å²) in [6.45, 7) is 2.85. The minimum absolute atomic E-state index is 0.00539. The van der Waals surface area contributed by atoms with Gasteiger partial charge in [0.25, 0.3) is 0 Å². The van der Waals surface area contributed by atoms with Gasteiger partial charge in [-0.05, 0) is 51.9 Å². The van der Waals surface area contributed by atoms with Gasteiger partial charge >= 0.3 is 5.97 Å². The highest BCUT2D eigenvalue weighted by Crippen LogP contribution is 2.13. The Hall–Kier alpha value is -0.790. The molecule has 0 spiro atoms. The second-order valence-corrected chi connectivity index (χ2v) is 5.03. The Morgan fingerprint density at radius 3 is 2.53 bits per heavy atom. The summed E-state index contributed by atoms with van der Waals surface area (Å²) in [7, 11) is 0. The van der Waals surface area contributed by atoms with Crippen molar-refractivity contribution in [1.82, 2.24) is 0 Å². The molecule has 0 fully saturated rings. The largest absolute Gasteiger partial charge is 0.466 e. The molecule has 2 heteroatoms. The number of hydrogen-bond donors (Lipinski definition) is 0. The van der Waals surface area contributed by atoms with E-state index in [9.17, 15) is 4.79 Å². The van der Waals surface area contributed by atoms with E-state index in [-0.39, 0.29) is 5.97 Å². The third-order valence-electron chi connectivity index (χ3n) is 3.31. The highest BCUT2D eigenvalue weighted by Gasteiger charge is 2.02. The summed E-state index contributed by atoms with van der Waals surface area (Å²) in [5.41, 5.74) is 1.52. The average Bonchev–Trinajstić information content (AvgIpc) is 2.32. The normalized spacial score (nSPS) is 21.9. The van der Waals surface area contributed by atoms with Crippen molar-refractivity contribution in [2.45, 2.75) is 71.1 Å². The van der Waals surface area contributed by atoms with Crippen LogP contribution in [0.25, 0.3) is 0 Å². The molecule has 1 aliphatic rings. The molecule has 2 nitrogen and oxygen atoms in total. The third kappa shape index (κ3) is 8.00. The van der Waals surface area contributed by atoms with Gasteiger partial charge in [-0.3, -0.25) is 4.79 Å². The lowest BCUT2D eigenvalue weighted by Crippen LogP contribution is -2.05. The third-order valence-corrected chi connectivity index (χ3v) is 3.31. The van der Waals surface area contributed by atoms with Crippen molar-refractivity contribution in [2.75, 3.05) is 6.61 Å². The zero-order valence-corrected chi connectivity index (χ0v) is 11.2. The molecule has 0 aromatic rings. The zero-order chi connectivity index (χ0) is 12.3. The Morgan fingerprint density at radius 2 is 1.65 bits per heavy atom. The smallest absolute Gasteiger partial charge is 0.305 e. The number of esters is 1. The van der Waals surface area contributed by atoms with Gasteiger partial charge in [0.15, 0.2) is 0 Å². The van der Waals surface area contributed by atoms with Gasteiger partial charge in [0, 0.05) is 6.42 Å². The first-order valence-electron chi connectivity index (χ1n) is 7.10. The highest BCUT2D eigenvalue weighted by atomic mass is 16.5. The van der Waals surface area contributed by atoms with Crippen LogP contribution in [0.3, 0.4) is 0 Å². The molecule has 17 heavy (non-hydrogen) atoms. The van der Waals surface area contributed by atoms with Gasteiger partial charge in [-0.1, -0.05) is 24.5 Å². The summed E-state index contributed by atoms with van der Waals surface area (Å²) >= 11 is 0. The van der Waals surface area contributed by atoms with Crippen molar-refractivity contribution >= 4 is 5.97 Å². The molecule has 1 heterocycles. The first-order chi connectivity index (χ1) is 8.29. The summed E-state index contributed by atoms with van der Waals surface area (Å²) in [6, 6.07) is 0. The molecule has 0 unspecified atom stereocenters. The average molecular weight is 238 g/mol. The summed E-state index contributed by atoms with van der Waals surface area (Å²) < 4.78 is 5.19. The van der Waals surface area contributed by atoms with Crippen LogP contribution in [0.5, 0.6) is 0 Å². The van der Waals surface area contributed by atoms with E-state index in [4.69, 9.17) is 4.74 Å². The monoisotopic (exact) mass is 238 g/mol. The lowest BCUT2D eigenvalue weighted by molar-refractivity contribution is -0.143. The van der Waals surface area contributed by atoms with E-state index in [1.165, 1.54) is 44.1 Å². The summed E-state index contributed by atoms with van der Waals surface area (Å²) in [4.78, 5) is 11.3. The van der Waals surface area contributed by atoms with Gasteiger partial charge in [-0.15, -0.1) is 0 Å². The van der Waals surface area contributed by atoms with Crippen LogP contribution in [0.1, 0.15) is 71.1 Å². The van der Waals surface area contributed by atoms with Crippen molar-refractivity contribution in [2.24, 2.45) is 0 Å². The van der Waals surface area contributed by atoms with Crippen molar-refractivity contribution in [3.63, 3.8) is 0 Å². The van der Waals surface area contributed by atoms with Gasteiger partial charge in [0.05, 0.1) is 6.61 Å². The van der Waals surface area contributed by atoms with Gasteiger partial charge in [-0.2, -0.15) is 0 Å². The molecule has 0 atom stereocenters. The van der Waals surface area contributed by atoms with Gasteiger partial charge in [0.1, 0.15) is 0 Å². The van der Waals surface area contributed by atoms with Crippen LogP contribution in [-0.2, 0) is 9.53 Å². The number of rotatable bonds is 0. The minimum Gasteiger partial charge on any atom is -0.466 e. The maximum Gasteiger partial charge on any atom is 0.305 e. The number of allylic oxidation sites excluding steroid dienone is 2.